The van der Waals surface area contributed by atoms with Gasteiger partial charge in [-0.2, -0.15) is 0 Å². The van der Waals surface area contributed by atoms with Crippen LogP contribution in [0.1, 0.15) is 255 Å². The minimum atomic E-state index is -2.14. The van der Waals surface area contributed by atoms with E-state index in [-0.39, 0.29) is 121 Å². The van der Waals surface area contributed by atoms with Gasteiger partial charge in [-0.3, -0.25) is 0 Å². The average Bonchev–Trinajstić information content (AvgIpc) is 1.59. The molecule has 2 aliphatic heterocycles. The van der Waals surface area contributed by atoms with Crippen molar-refractivity contribution in [1.29, 1.82) is 0 Å². The third-order valence-electron chi connectivity index (χ3n) is 24.7. The fraction of sp³-hybridized carbons (Fsp3) is 0.345. The highest BCUT2D eigenvalue weighted by Gasteiger charge is 2.46. The number of fused-ring (bicyclic) bond motifs is 10. The summed E-state index contributed by atoms with van der Waals surface area (Å²) in [5.74, 6) is 0. The summed E-state index contributed by atoms with van der Waals surface area (Å²) in [7, 11) is 0. The van der Waals surface area contributed by atoms with Gasteiger partial charge in [0.15, 0.2) is 0 Å². The summed E-state index contributed by atoms with van der Waals surface area (Å²) < 4.78 is 136. The van der Waals surface area contributed by atoms with Crippen molar-refractivity contribution in [3.05, 3.63) is 305 Å². The first-order valence-corrected chi connectivity index (χ1v) is 44.8. The van der Waals surface area contributed by atoms with E-state index in [2.05, 4.69) is 337 Å². The van der Waals surface area contributed by atoms with E-state index >= 15 is 0 Å². The summed E-state index contributed by atoms with van der Waals surface area (Å²) in [6.45, 7) is 58.5. The van der Waals surface area contributed by atoms with E-state index in [1.807, 2.05) is 52.2 Å². The molecule has 17 rings (SSSR count). The maximum absolute atomic E-state index is 11.2. The number of para-hydroxylation sites is 2. The monoisotopic (exact) mass is 1640 g/mol. The molecule has 5 heteroatoms. The molecule has 0 N–H and O–H groups in total. The molecule has 124 heavy (non-hydrogen) atoms. The first-order valence-electron chi connectivity index (χ1n) is 51.3. The molecule has 0 amide bonds. The Kier molecular flexibility index (Phi) is 17.3. The minimum absolute atomic E-state index is 0.0478. The highest BCUT2D eigenvalue weighted by atomic mass is 15.2. The summed E-state index contributed by atoms with van der Waals surface area (Å²) in [6, 6.07) is 65.2. The molecule has 2 aromatic heterocycles. The van der Waals surface area contributed by atoms with E-state index in [1.165, 1.54) is 0 Å². The Balaban J connectivity index is 1.13. The van der Waals surface area contributed by atoms with Crippen molar-refractivity contribution in [2.75, 3.05) is 9.80 Å². The molecule has 0 unspecified atom stereocenters. The first-order chi connectivity index (χ1) is 63.4. The predicted octanol–water partition coefficient (Wildman–Crippen LogP) is 31.8. The van der Waals surface area contributed by atoms with E-state index in [1.54, 1.807) is 4.57 Å². The van der Waals surface area contributed by atoms with Gasteiger partial charge in [0.1, 0.15) is 0 Å². The second kappa shape index (κ2) is 30.5. The molecule has 4 nitrogen and oxygen atoms in total. The highest BCUT2D eigenvalue weighted by molar-refractivity contribution is 7.00. The van der Waals surface area contributed by atoms with Crippen molar-refractivity contribution in [2.24, 2.45) is 27.1 Å². The van der Waals surface area contributed by atoms with Gasteiger partial charge in [0.25, 0.3) is 6.71 Å². The van der Waals surface area contributed by atoms with Crippen molar-refractivity contribution in [3.8, 4) is 55.9 Å². The fourth-order valence-corrected chi connectivity index (χ4v) is 19.1. The van der Waals surface area contributed by atoms with Gasteiger partial charge >= 0.3 is 0 Å². The van der Waals surface area contributed by atoms with E-state index in [0.29, 0.717) is 86.3 Å². The number of aromatic nitrogens is 2. The van der Waals surface area contributed by atoms with Gasteiger partial charge in [-0.15, -0.1) is 0 Å². The zero-order valence-electron chi connectivity index (χ0n) is 91.6. The standard InChI is InChI=1S/C119H133BN4/c1-111(2,3)70-75-48-54-102-96(56-75)90-44-28-30-46-100(90)121(102)88-50-52-98-106(66-88)123(104-68-92(78-36-32-40-84(60-78)116(16,17)18)82(73-114(10,11)12)64-94(104)80-38-34-42-86(62-80)118(22,23)24)108-58-77(72-113(7,8)9)59-109-110(108)120(98)99-53-51-89(122-101-47-31-29-45-91(101)97-57-76(49-55-103(97)122)71-112(4,5)6)67-107(99)124(109)105-69-93(79-37-33-41-85(61-79)117(19,20)21)83(74-115(13,14)15)65-95(105)81-39-35-43-87(63-81)119(25,26)27/h28-69H,70-74H2,1-27H3/i28D,29D,30D,31D,44D,45D,46D,47D,48D,54D,56D,72D2. The fourth-order valence-electron chi connectivity index (χ4n) is 19.1. The van der Waals surface area contributed by atoms with Crippen molar-refractivity contribution in [3.63, 3.8) is 0 Å². The lowest BCUT2D eigenvalue weighted by Gasteiger charge is -2.46. The predicted molar refractivity (Wildman–Crippen MR) is 541 cm³/mol. The lowest BCUT2D eigenvalue weighted by molar-refractivity contribution is 0.411. The smallest absolute Gasteiger partial charge is 0.252 e. The van der Waals surface area contributed by atoms with Crippen molar-refractivity contribution in [1.82, 2.24) is 9.13 Å². The summed E-state index contributed by atoms with van der Waals surface area (Å²) in [6.07, 6.45) is 0.141. The van der Waals surface area contributed by atoms with Crippen LogP contribution in [0.5, 0.6) is 0 Å². The summed E-state index contributed by atoms with van der Waals surface area (Å²) in [5.41, 5.74) is 21.7. The number of hydrogen-bond acceptors (Lipinski definition) is 2. The van der Waals surface area contributed by atoms with E-state index in [0.717, 1.165) is 111 Å². The maximum Gasteiger partial charge on any atom is 0.252 e. The number of hydrogen-bond donors (Lipinski definition) is 0. The van der Waals surface area contributed by atoms with Crippen LogP contribution in [0.2, 0.25) is 0 Å². The Morgan fingerprint density at radius 2 is 0.661 bits per heavy atom. The normalized spacial score (nSPS) is 15.3. The summed E-state index contributed by atoms with van der Waals surface area (Å²) in [5, 5.41) is 1.29. The molecular formula is C119H133BN4. The van der Waals surface area contributed by atoms with Crippen LogP contribution in [0, 0.1) is 27.1 Å². The molecule has 4 heterocycles. The van der Waals surface area contributed by atoms with E-state index in [9.17, 15) is 17.8 Å². The van der Waals surface area contributed by atoms with Crippen molar-refractivity contribution >= 4 is 101 Å². The SMILES string of the molecule is [2H]c1c([2H])c([2H])c2c(c1[2H])c1cc(CC(C)(C)C)ccc1n2-c1ccc2c(c1)N(c1cc(-c3cccc(C(C)(C)C)c3)c(CC(C)(C)C)cc1-c1cccc(C(C)(C)C)c1)c1cc(C([2H])([2H])C(C)(C)C)cc3c1B2c1ccc(-n2c4c([2H])c([2H])c([2H])c([2H])c4c4c([2H])c(CC(C)(C)C)c([2H])c([2H])c42)cc1N3c1cc(-c2cccc(C(C)(C)C)c2)c(CC(C)(C)C)cc1-c1cccc(C(C)(C)C)c1. The Bertz CT molecular complexity index is 7530. The van der Waals surface area contributed by atoms with Gasteiger partial charge in [0.05, 0.1) is 48.5 Å². The Labute approximate surface area is 761 Å². The average molecular weight is 1640 g/mol. The Morgan fingerprint density at radius 3 is 1.06 bits per heavy atom. The molecular weight excluding hydrogens is 1500 g/mol. The van der Waals surface area contributed by atoms with Gasteiger partial charge in [-0.25, -0.2) is 0 Å². The van der Waals surface area contributed by atoms with Crippen LogP contribution in [-0.4, -0.2) is 15.8 Å². The summed E-state index contributed by atoms with van der Waals surface area (Å²) in [4.78, 5) is 4.76. The molecule has 0 saturated heterocycles. The molecule has 0 saturated carbocycles. The van der Waals surface area contributed by atoms with Crippen LogP contribution in [0.15, 0.2) is 255 Å². The largest absolute Gasteiger partial charge is 0.311 e. The first kappa shape index (κ1) is 70.4. The van der Waals surface area contributed by atoms with Crippen molar-refractivity contribution < 1.29 is 17.8 Å². The quantitative estimate of drug-likeness (QED) is 0.107. The molecule has 0 aliphatic carbocycles. The second-order valence-corrected chi connectivity index (χ2v) is 45.8. The summed E-state index contributed by atoms with van der Waals surface area (Å²) >= 11 is 0. The van der Waals surface area contributed by atoms with Gasteiger partial charge < -0.3 is 18.9 Å². The lowest BCUT2D eigenvalue weighted by Crippen LogP contribution is -2.61. The van der Waals surface area contributed by atoms with Gasteiger partial charge in [-0.05, 0) is 278 Å². The molecule has 15 aromatic rings. The van der Waals surface area contributed by atoms with Crippen LogP contribution >= 0.6 is 0 Å². The maximum atomic E-state index is 11.2. The second-order valence-electron chi connectivity index (χ2n) is 45.8. The third kappa shape index (κ3) is 16.7. The van der Waals surface area contributed by atoms with Crippen LogP contribution in [0.4, 0.5) is 34.1 Å². The molecule has 0 atom stereocenters. The molecule has 0 radical (unpaired) electrons. The number of anilines is 6. The van der Waals surface area contributed by atoms with Crippen LogP contribution < -0.4 is 26.2 Å². The minimum Gasteiger partial charge on any atom is -0.311 e. The number of rotatable bonds is 13. The van der Waals surface area contributed by atoms with E-state index in [4.69, 9.17) is 0 Å². The highest BCUT2D eigenvalue weighted by Crippen LogP contribution is 2.55. The number of benzene rings is 13. The van der Waals surface area contributed by atoms with Gasteiger partial charge in [-0.1, -0.05) is 344 Å². The van der Waals surface area contributed by atoms with Crippen molar-refractivity contribution in [2.45, 2.75) is 241 Å². The molecule has 13 aromatic carbocycles. The van der Waals surface area contributed by atoms with Crippen LogP contribution in [-0.2, 0) is 53.7 Å². The zero-order chi connectivity index (χ0) is 99.8. The Hall–Kier alpha value is -10.9. The van der Waals surface area contributed by atoms with E-state index < -0.39 is 36.0 Å². The number of nitrogens with zero attached hydrogens (tertiary/aromatic N) is 4. The molecule has 0 bridgehead atoms. The molecule has 0 spiro atoms. The zero-order valence-corrected chi connectivity index (χ0v) is 78.6. The Morgan fingerprint density at radius 1 is 0.282 bits per heavy atom. The lowest BCUT2D eigenvalue weighted by atomic mass is 9.33. The van der Waals surface area contributed by atoms with Crippen LogP contribution in [0.25, 0.3) is 99.5 Å². The van der Waals surface area contributed by atoms with Gasteiger partial charge in [0.2, 0.25) is 0 Å². The molecule has 0 fully saturated rings. The van der Waals surface area contributed by atoms with Gasteiger partial charge in [0, 0.05) is 69.5 Å². The molecule has 2 aliphatic rings. The topological polar surface area (TPSA) is 16.3 Å². The molecule has 632 valence electrons. The third-order valence-corrected chi connectivity index (χ3v) is 24.7. The van der Waals surface area contributed by atoms with Crippen LogP contribution in [0.3, 0.4) is 0 Å².